The standard InChI is InChI=1S/C19H15BrN2O3S2/c1-3-7-25-17-14(20)8-12(9-15(17)24-2)10-16-18(23)22(19(26)27-16)13-5-4-6-21-11-13/h3-6,8-11H,1,7H2,2H3/b16-10-. The van der Waals surface area contributed by atoms with Crippen molar-refractivity contribution in [2.24, 2.45) is 0 Å². The van der Waals surface area contributed by atoms with Crippen molar-refractivity contribution >= 4 is 61.9 Å². The van der Waals surface area contributed by atoms with Gasteiger partial charge in [0.05, 0.1) is 28.4 Å². The number of ether oxygens (including phenoxy) is 2. The van der Waals surface area contributed by atoms with Gasteiger partial charge < -0.3 is 9.47 Å². The van der Waals surface area contributed by atoms with Crippen LogP contribution in [0.1, 0.15) is 5.56 Å². The third kappa shape index (κ3) is 4.23. The van der Waals surface area contributed by atoms with E-state index < -0.39 is 0 Å². The van der Waals surface area contributed by atoms with Gasteiger partial charge in [0.2, 0.25) is 0 Å². The lowest BCUT2D eigenvalue weighted by atomic mass is 10.2. The second kappa shape index (κ2) is 8.69. The van der Waals surface area contributed by atoms with Crippen LogP contribution in [0.2, 0.25) is 0 Å². The number of methoxy groups -OCH3 is 1. The lowest BCUT2D eigenvalue weighted by Crippen LogP contribution is -2.27. The third-order valence-corrected chi connectivity index (χ3v) is 5.48. The van der Waals surface area contributed by atoms with E-state index >= 15 is 0 Å². The fourth-order valence-electron chi connectivity index (χ4n) is 2.43. The molecule has 0 spiro atoms. The van der Waals surface area contributed by atoms with Crippen molar-refractivity contribution in [2.75, 3.05) is 18.6 Å². The Hall–Kier alpha value is -2.16. The Morgan fingerprint density at radius 2 is 2.26 bits per heavy atom. The number of aromatic nitrogens is 1. The smallest absolute Gasteiger partial charge is 0.270 e. The number of anilines is 1. The molecule has 1 aliphatic heterocycles. The van der Waals surface area contributed by atoms with E-state index in [1.807, 2.05) is 6.07 Å². The van der Waals surface area contributed by atoms with Gasteiger partial charge in [-0.15, -0.1) is 0 Å². The van der Waals surface area contributed by atoms with Gasteiger partial charge in [0, 0.05) is 6.20 Å². The second-order valence-corrected chi connectivity index (χ2v) is 7.89. The number of halogens is 1. The molecular formula is C19H15BrN2O3S2. The predicted octanol–water partition coefficient (Wildman–Crippen LogP) is 4.82. The lowest BCUT2D eigenvalue weighted by Gasteiger charge is -2.13. The monoisotopic (exact) mass is 462 g/mol. The zero-order valence-electron chi connectivity index (χ0n) is 14.3. The summed E-state index contributed by atoms with van der Waals surface area (Å²) in [6, 6.07) is 7.23. The van der Waals surface area contributed by atoms with Gasteiger partial charge in [0.15, 0.2) is 15.8 Å². The Morgan fingerprint density at radius 3 is 2.93 bits per heavy atom. The molecule has 0 radical (unpaired) electrons. The molecule has 138 valence electrons. The molecular weight excluding hydrogens is 448 g/mol. The molecule has 5 nitrogen and oxygen atoms in total. The first-order chi connectivity index (χ1) is 13.0. The summed E-state index contributed by atoms with van der Waals surface area (Å²) in [7, 11) is 1.56. The van der Waals surface area contributed by atoms with E-state index in [0.717, 1.165) is 10.0 Å². The van der Waals surface area contributed by atoms with Crippen LogP contribution in [0.4, 0.5) is 5.69 Å². The third-order valence-electron chi connectivity index (χ3n) is 3.59. The fourth-order valence-corrected chi connectivity index (χ4v) is 4.31. The summed E-state index contributed by atoms with van der Waals surface area (Å²) in [5, 5.41) is 0. The quantitative estimate of drug-likeness (QED) is 0.348. The molecule has 0 N–H and O–H groups in total. The maximum absolute atomic E-state index is 12.8. The Balaban J connectivity index is 1.93. The average Bonchev–Trinajstić information content (AvgIpc) is 2.94. The number of benzene rings is 1. The summed E-state index contributed by atoms with van der Waals surface area (Å²) in [5.74, 6) is 0.956. The van der Waals surface area contributed by atoms with E-state index in [1.54, 1.807) is 49.9 Å². The Labute approximate surface area is 175 Å². The molecule has 0 saturated carbocycles. The second-order valence-electron chi connectivity index (χ2n) is 5.36. The van der Waals surface area contributed by atoms with Gasteiger partial charge in [-0.3, -0.25) is 14.7 Å². The molecule has 1 aliphatic rings. The summed E-state index contributed by atoms with van der Waals surface area (Å²) in [5.41, 5.74) is 1.44. The minimum absolute atomic E-state index is 0.180. The number of pyridine rings is 1. The first-order valence-corrected chi connectivity index (χ1v) is 9.86. The predicted molar refractivity (Wildman–Crippen MR) is 116 cm³/mol. The molecule has 0 unspecified atom stereocenters. The molecule has 0 bridgehead atoms. The number of hydrogen-bond donors (Lipinski definition) is 0. The lowest BCUT2D eigenvalue weighted by molar-refractivity contribution is -0.113. The Morgan fingerprint density at radius 1 is 1.44 bits per heavy atom. The molecule has 8 heteroatoms. The highest BCUT2D eigenvalue weighted by Crippen LogP contribution is 2.40. The molecule has 2 heterocycles. The molecule has 1 saturated heterocycles. The van der Waals surface area contributed by atoms with Crippen molar-refractivity contribution in [2.45, 2.75) is 0 Å². The highest BCUT2D eigenvalue weighted by Gasteiger charge is 2.33. The van der Waals surface area contributed by atoms with Crippen LogP contribution in [-0.4, -0.2) is 28.9 Å². The summed E-state index contributed by atoms with van der Waals surface area (Å²) < 4.78 is 12.2. The molecule has 1 fully saturated rings. The van der Waals surface area contributed by atoms with E-state index in [4.69, 9.17) is 21.7 Å². The van der Waals surface area contributed by atoms with Gasteiger partial charge in [-0.05, 0) is 51.8 Å². The van der Waals surface area contributed by atoms with Gasteiger partial charge in [0.25, 0.3) is 5.91 Å². The van der Waals surface area contributed by atoms with Crippen molar-refractivity contribution < 1.29 is 14.3 Å². The summed E-state index contributed by atoms with van der Waals surface area (Å²) >= 11 is 10.1. The molecule has 1 aromatic heterocycles. The average molecular weight is 463 g/mol. The Bertz CT molecular complexity index is 932. The number of nitrogens with zero attached hydrogens (tertiary/aromatic N) is 2. The SMILES string of the molecule is C=CCOc1c(Br)cc(/C=C2\SC(=S)N(c3cccnc3)C2=O)cc1OC. The van der Waals surface area contributed by atoms with Crippen LogP contribution in [0.15, 0.2) is 58.7 Å². The zero-order valence-corrected chi connectivity index (χ0v) is 17.6. The van der Waals surface area contributed by atoms with Crippen LogP contribution in [0.3, 0.4) is 0 Å². The minimum Gasteiger partial charge on any atom is -0.493 e. The number of rotatable bonds is 6. The van der Waals surface area contributed by atoms with Gasteiger partial charge in [-0.2, -0.15) is 0 Å². The molecule has 2 aromatic rings. The van der Waals surface area contributed by atoms with Crippen LogP contribution in [-0.2, 0) is 4.79 Å². The van der Waals surface area contributed by atoms with Gasteiger partial charge >= 0.3 is 0 Å². The van der Waals surface area contributed by atoms with Crippen molar-refractivity contribution in [3.8, 4) is 11.5 Å². The van der Waals surface area contributed by atoms with Crippen LogP contribution in [0, 0.1) is 0 Å². The topological polar surface area (TPSA) is 51.7 Å². The highest BCUT2D eigenvalue weighted by atomic mass is 79.9. The number of thiocarbonyl (C=S) groups is 1. The van der Waals surface area contributed by atoms with E-state index in [-0.39, 0.29) is 5.91 Å². The first kappa shape index (κ1) is 19.6. The van der Waals surface area contributed by atoms with Crippen LogP contribution >= 0.6 is 39.9 Å². The van der Waals surface area contributed by atoms with Gasteiger partial charge in [-0.1, -0.05) is 36.6 Å². The molecule has 27 heavy (non-hydrogen) atoms. The minimum atomic E-state index is -0.180. The molecule has 3 rings (SSSR count). The zero-order chi connectivity index (χ0) is 19.4. The summed E-state index contributed by atoms with van der Waals surface area (Å²) in [6.07, 6.45) is 6.69. The summed E-state index contributed by atoms with van der Waals surface area (Å²) in [6.45, 7) is 4.00. The van der Waals surface area contributed by atoms with Crippen LogP contribution in [0.25, 0.3) is 6.08 Å². The van der Waals surface area contributed by atoms with E-state index in [0.29, 0.717) is 33.0 Å². The maximum atomic E-state index is 12.8. The first-order valence-electron chi connectivity index (χ1n) is 7.84. The largest absolute Gasteiger partial charge is 0.493 e. The van der Waals surface area contributed by atoms with Crippen molar-refractivity contribution in [3.63, 3.8) is 0 Å². The van der Waals surface area contributed by atoms with Crippen molar-refractivity contribution in [1.82, 2.24) is 4.98 Å². The fraction of sp³-hybridized carbons (Fsp3) is 0.105. The molecule has 1 aromatic carbocycles. The van der Waals surface area contributed by atoms with E-state index in [9.17, 15) is 4.79 Å². The van der Waals surface area contributed by atoms with Crippen LogP contribution < -0.4 is 14.4 Å². The maximum Gasteiger partial charge on any atom is 0.270 e. The molecule has 1 amide bonds. The Kier molecular flexibility index (Phi) is 6.30. The number of hydrogen-bond acceptors (Lipinski definition) is 6. The highest BCUT2D eigenvalue weighted by molar-refractivity contribution is 9.10. The molecule has 0 aliphatic carbocycles. The van der Waals surface area contributed by atoms with Gasteiger partial charge in [0.1, 0.15) is 6.61 Å². The molecule has 0 atom stereocenters. The number of amides is 1. The van der Waals surface area contributed by atoms with E-state index in [2.05, 4.69) is 27.5 Å². The number of carbonyl (C=O) groups is 1. The van der Waals surface area contributed by atoms with Gasteiger partial charge in [-0.25, -0.2) is 0 Å². The number of thioether (sulfide) groups is 1. The van der Waals surface area contributed by atoms with Crippen molar-refractivity contribution in [1.29, 1.82) is 0 Å². The van der Waals surface area contributed by atoms with Crippen molar-refractivity contribution in [3.05, 3.63) is 64.3 Å². The normalized spacial score (nSPS) is 15.3. The van der Waals surface area contributed by atoms with E-state index in [1.165, 1.54) is 16.7 Å². The number of carbonyl (C=O) groups excluding carboxylic acids is 1. The van der Waals surface area contributed by atoms with Crippen LogP contribution in [0.5, 0.6) is 11.5 Å². The summed E-state index contributed by atoms with van der Waals surface area (Å²) in [4.78, 5) is 18.9.